The van der Waals surface area contributed by atoms with Crippen molar-refractivity contribution in [1.29, 1.82) is 0 Å². The SMILES string of the molecule is Cc1oc(C)c(C(=O)NCc2nnc(-c3ccccc3)s2)c1C. The van der Waals surface area contributed by atoms with E-state index in [9.17, 15) is 4.79 Å². The van der Waals surface area contributed by atoms with Gasteiger partial charge in [0.2, 0.25) is 0 Å². The molecule has 1 aromatic carbocycles. The highest BCUT2D eigenvalue weighted by atomic mass is 32.1. The van der Waals surface area contributed by atoms with E-state index < -0.39 is 0 Å². The van der Waals surface area contributed by atoms with Gasteiger partial charge in [-0.1, -0.05) is 41.7 Å². The van der Waals surface area contributed by atoms with Gasteiger partial charge in [-0.05, 0) is 20.8 Å². The van der Waals surface area contributed by atoms with E-state index in [1.54, 1.807) is 6.92 Å². The molecular weight excluding hydrogens is 310 g/mol. The molecule has 0 atom stereocenters. The number of carbonyl (C=O) groups excluding carboxylic acids is 1. The summed E-state index contributed by atoms with van der Waals surface area (Å²) in [7, 11) is 0. The quantitative estimate of drug-likeness (QED) is 0.794. The summed E-state index contributed by atoms with van der Waals surface area (Å²) in [6, 6.07) is 9.87. The molecule has 2 heterocycles. The van der Waals surface area contributed by atoms with Crippen LogP contribution in [0.3, 0.4) is 0 Å². The van der Waals surface area contributed by atoms with Gasteiger partial charge in [-0.15, -0.1) is 10.2 Å². The lowest BCUT2D eigenvalue weighted by molar-refractivity contribution is 0.0949. The van der Waals surface area contributed by atoms with E-state index in [1.165, 1.54) is 11.3 Å². The van der Waals surface area contributed by atoms with Gasteiger partial charge in [-0.3, -0.25) is 4.79 Å². The van der Waals surface area contributed by atoms with Crippen molar-refractivity contribution in [1.82, 2.24) is 15.5 Å². The fourth-order valence-corrected chi connectivity index (χ4v) is 3.18. The van der Waals surface area contributed by atoms with Crippen LogP contribution < -0.4 is 5.32 Å². The second-order valence-electron chi connectivity index (χ2n) is 5.26. The summed E-state index contributed by atoms with van der Waals surface area (Å²) in [5, 5.41) is 12.8. The first kappa shape index (κ1) is 15.4. The maximum Gasteiger partial charge on any atom is 0.255 e. The van der Waals surface area contributed by atoms with Gasteiger partial charge in [-0.25, -0.2) is 0 Å². The molecule has 3 aromatic rings. The summed E-state index contributed by atoms with van der Waals surface area (Å²) in [6.07, 6.45) is 0. The van der Waals surface area contributed by atoms with Crippen LogP contribution in [0.2, 0.25) is 0 Å². The van der Waals surface area contributed by atoms with Gasteiger partial charge in [-0.2, -0.15) is 0 Å². The Labute approximate surface area is 138 Å². The van der Waals surface area contributed by atoms with Crippen LogP contribution in [-0.2, 0) is 6.54 Å². The van der Waals surface area contributed by atoms with Gasteiger partial charge in [0.05, 0.1) is 12.1 Å². The summed E-state index contributed by atoms with van der Waals surface area (Å²) in [4.78, 5) is 12.3. The van der Waals surface area contributed by atoms with E-state index in [-0.39, 0.29) is 5.91 Å². The monoisotopic (exact) mass is 327 g/mol. The number of hydrogen-bond donors (Lipinski definition) is 1. The number of nitrogens with one attached hydrogen (secondary N) is 1. The van der Waals surface area contributed by atoms with Crippen molar-refractivity contribution in [2.75, 3.05) is 0 Å². The molecule has 1 amide bonds. The van der Waals surface area contributed by atoms with E-state index in [2.05, 4.69) is 15.5 Å². The number of aromatic nitrogens is 2. The molecule has 118 valence electrons. The number of furan rings is 1. The number of amides is 1. The molecule has 0 spiro atoms. The topological polar surface area (TPSA) is 68.0 Å². The number of nitrogens with zero attached hydrogens (tertiary/aromatic N) is 2. The minimum absolute atomic E-state index is 0.145. The predicted molar refractivity (Wildman–Crippen MR) is 89.4 cm³/mol. The molecule has 1 N–H and O–H groups in total. The molecule has 0 radical (unpaired) electrons. The predicted octanol–water partition coefficient (Wildman–Crippen LogP) is 3.65. The van der Waals surface area contributed by atoms with Gasteiger partial charge in [0.25, 0.3) is 5.91 Å². The van der Waals surface area contributed by atoms with Crippen LogP contribution in [0.5, 0.6) is 0 Å². The Kier molecular flexibility index (Phi) is 4.25. The maximum atomic E-state index is 12.3. The number of hydrogen-bond acceptors (Lipinski definition) is 5. The molecule has 0 unspecified atom stereocenters. The second-order valence-corrected chi connectivity index (χ2v) is 6.33. The third-order valence-corrected chi connectivity index (χ3v) is 4.65. The lowest BCUT2D eigenvalue weighted by Gasteiger charge is -2.02. The number of carbonyl (C=O) groups is 1. The fraction of sp³-hybridized carbons (Fsp3) is 0.235. The summed E-state index contributed by atoms with van der Waals surface area (Å²) in [5.74, 6) is 1.27. The van der Waals surface area contributed by atoms with E-state index in [4.69, 9.17) is 4.42 Å². The van der Waals surface area contributed by atoms with E-state index in [0.29, 0.717) is 17.9 Å². The third kappa shape index (κ3) is 3.17. The first-order valence-corrected chi connectivity index (χ1v) is 8.10. The lowest BCUT2D eigenvalue weighted by Crippen LogP contribution is -2.23. The Hall–Kier alpha value is -2.47. The second kappa shape index (κ2) is 6.34. The van der Waals surface area contributed by atoms with Gasteiger partial charge in [0.1, 0.15) is 21.5 Å². The Morgan fingerprint density at radius 1 is 1.13 bits per heavy atom. The van der Waals surface area contributed by atoms with Crippen LogP contribution >= 0.6 is 11.3 Å². The largest absolute Gasteiger partial charge is 0.466 e. The number of rotatable bonds is 4. The smallest absolute Gasteiger partial charge is 0.255 e. The molecule has 0 fully saturated rings. The van der Waals surface area contributed by atoms with Gasteiger partial charge >= 0.3 is 0 Å². The molecule has 0 bridgehead atoms. The van der Waals surface area contributed by atoms with Crippen LogP contribution in [0.25, 0.3) is 10.6 Å². The fourth-order valence-electron chi connectivity index (χ4n) is 2.39. The molecular formula is C17H17N3O2S. The molecule has 0 aliphatic heterocycles. The highest BCUT2D eigenvalue weighted by molar-refractivity contribution is 7.14. The normalized spacial score (nSPS) is 10.7. The lowest BCUT2D eigenvalue weighted by atomic mass is 10.1. The summed E-state index contributed by atoms with van der Waals surface area (Å²) < 4.78 is 5.49. The zero-order valence-electron chi connectivity index (χ0n) is 13.2. The molecule has 0 aliphatic carbocycles. The zero-order chi connectivity index (χ0) is 16.4. The van der Waals surface area contributed by atoms with Gasteiger partial charge < -0.3 is 9.73 Å². The zero-order valence-corrected chi connectivity index (χ0v) is 14.0. The minimum Gasteiger partial charge on any atom is -0.466 e. The molecule has 6 heteroatoms. The van der Waals surface area contributed by atoms with E-state index in [0.717, 1.165) is 26.9 Å². The van der Waals surface area contributed by atoms with Crippen LogP contribution in [0.15, 0.2) is 34.7 Å². The van der Waals surface area contributed by atoms with Crippen LogP contribution in [0.1, 0.15) is 32.4 Å². The first-order valence-electron chi connectivity index (χ1n) is 7.29. The Morgan fingerprint density at radius 2 is 1.87 bits per heavy atom. The average molecular weight is 327 g/mol. The summed E-state index contributed by atoms with van der Waals surface area (Å²) >= 11 is 1.48. The van der Waals surface area contributed by atoms with E-state index >= 15 is 0 Å². The van der Waals surface area contributed by atoms with Crippen molar-refractivity contribution in [2.45, 2.75) is 27.3 Å². The number of benzene rings is 1. The molecule has 3 rings (SSSR count). The molecule has 0 saturated carbocycles. The van der Waals surface area contributed by atoms with Gasteiger partial charge in [0.15, 0.2) is 0 Å². The Balaban J connectivity index is 1.69. The number of aryl methyl sites for hydroxylation is 2. The minimum atomic E-state index is -0.145. The third-order valence-electron chi connectivity index (χ3n) is 3.68. The van der Waals surface area contributed by atoms with Crippen molar-refractivity contribution in [2.24, 2.45) is 0 Å². The summed E-state index contributed by atoms with van der Waals surface area (Å²) in [5.41, 5.74) is 2.51. The molecule has 0 saturated heterocycles. The Bertz CT molecular complexity index is 837. The van der Waals surface area contributed by atoms with Crippen molar-refractivity contribution < 1.29 is 9.21 Å². The van der Waals surface area contributed by atoms with Crippen molar-refractivity contribution in [3.63, 3.8) is 0 Å². The molecule has 0 aliphatic rings. The molecule has 2 aromatic heterocycles. The van der Waals surface area contributed by atoms with Crippen molar-refractivity contribution in [3.8, 4) is 10.6 Å². The van der Waals surface area contributed by atoms with Crippen LogP contribution in [-0.4, -0.2) is 16.1 Å². The molecule has 5 nitrogen and oxygen atoms in total. The highest BCUT2D eigenvalue weighted by Crippen LogP contribution is 2.23. The average Bonchev–Trinajstić information content (AvgIpc) is 3.11. The van der Waals surface area contributed by atoms with Gasteiger partial charge in [0, 0.05) is 11.1 Å². The molecule has 23 heavy (non-hydrogen) atoms. The summed E-state index contributed by atoms with van der Waals surface area (Å²) in [6.45, 7) is 5.90. The standard InChI is InChI=1S/C17H17N3O2S/c1-10-11(2)22-12(3)15(10)16(21)18-9-14-19-20-17(23-14)13-7-5-4-6-8-13/h4-8H,9H2,1-3H3,(H,18,21). The maximum absolute atomic E-state index is 12.3. The van der Waals surface area contributed by atoms with Crippen molar-refractivity contribution in [3.05, 3.63) is 58.0 Å². The highest BCUT2D eigenvalue weighted by Gasteiger charge is 2.18. The van der Waals surface area contributed by atoms with E-state index in [1.807, 2.05) is 44.2 Å². The Morgan fingerprint density at radius 3 is 2.52 bits per heavy atom. The first-order chi connectivity index (χ1) is 11.1. The van der Waals surface area contributed by atoms with Crippen LogP contribution in [0, 0.1) is 20.8 Å². The van der Waals surface area contributed by atoms with Crippen LogP contribution in [0.4, 0.5) is 0 Å². The van der Waals surface area contributed by atoms with Crippen molar-refractivity contribution >= 4 is 17.2 Å².